The van der Waals surface area contributed by atoms with E-state index >= 15 is 0 Å². The molecule has 2 heterocycles. The van der Waals surface area contributed by atoms with Gasteiger partial charge in [0, 0.05) is 41.8 Å². The van der Waals surface area contributed by atoms with Crippen LogP contribution in [0.15, 0.2) is 90.0 Å². The smallest absolute Gasteiger partial charge is 0.261 e. The van der Waals surface area contributed by atoms with Crippen molar-refractivity contribution in [1.29, 1.82) is 0 Å². The van der Waals surface area contributed by atoms with E-state index in [2.05, 4.69) is 30.9 Å². The van der Waals surface area contributed by atoms with Crippen LogP contribution in [0.2, 0.25) is 0 Å². The third-order valence-corrected chi connectivity index (χ3v) is 5.91. The van der Waals surface area contributed by atoms with Crippen LogP contribution < -0.4 is 21.5 Å². The van der Waals surface area contributed by atoms with Gasteiger partial charge < -0.3 is 16.0 Å². The zero-order chi connectivity index (χ0) is 26.5. The summed E-state index contributed by atoms with van der Waals surface area (Å²) < 4.78 is 1.46. The number of para-hydroxylation sites is 1. The second-order valence-corrected chi connectivity index (χ2v) is 8.97. The predicted octanol–water partition coefficient (Wildman–Crippen LogP) is 5.32. The Hall–Kier alpha value is -5.05. The highest BCUT2D eigenvalue weighted by atomic mass is 16.2. The molecule has 3 aromatic carbocycles. The van der Waals surface area contributed by atoms with Crippen LogP contribution >= 0.6 is 0 Å². The number of rotatable bonds is 8. The number of hydrogen-bond donors (Lipinski definition) is 3. The minimum atomic E-state index is -0.191. The van der Waals surface area contributed by atoms with Crippen LogP contribution in [0.5, 0.6) is 0 Å². The summed E-state index contributed by atoms with van der Waals surface area (Å²) in [5, 5.41) is 9.92. The molecule has 9 heteroatoms. The zero-order valence-corrected chi connectivity index (χ0v) is 21.1. The third-order valence-electron chi connectivity index (χ3n) is 5.91. The maximum absolute atomic E-state index is 12.6. The first-order valence-corrected chi connectivity index (χ1v) is 12.2. The van der Waals surface area contributed by atoms with E-state index in [0.717, 1.165) is 17.1 Å². The fourth-order valence-electron chi connectivity index (χ4n) is 3.95. The summed E-state index contributed by atoms with van der Waals surface area (Å²) in [6.07, 6.45) is 1.63. The second-order valence-electron chi connectivity index (χ2n) is 8.97. The van der Waals surface area contributed by atoms with Crippen LogP contribution in [-0.4, -0.2) is 25.4 Å². The van der Waals surface area contributed by atoms with Gasteiger partial charge in [-0.1, -0.05) is 29.8 Å². The van der Waals surface area contributed by atoms with E-state index in [9.17, 15) is 9.59 Å². The number of aryl methyl sites for hydroxylation is 3. The summed E-state index contributed by atoms with van der Waals surface area (Å²) in [6, 6.07) is 24.4. The van der Waals surface area contributed by atoms with Crippen LogP contribution in [0, 0.1) is 13.8 Å². The molecule has 0 aliphatic heterocycles. The van der Waals surface area contributed by atoms with Gasteiger partial charge in [0.2, 0.25) is 11.9 Å². The molecule has 0 spiro atoms. The topological polar surface area (TPSA) is 114 Å². The molecule has 190 valence electrons. The van der Waals surface area contributed by atoms with Crippen molar-refractivity contribution in [3.05, 3.63) is 107 Å². The average molecular weight is 506 g/mol. The summed E-state index contributed by atoms with van der Waals surface area (Å²) in [4.78, 5) is 38.4. The van der Waals surface area contributed by atoms with Crippen molar-refractivity contribution in [2.45, 2.75) is 26.8 Å². The Labute approximate surface area is 219 Å². The van der Waals surface area contributed by atoms with Crippen LogP contribution in [0.25, 0.3) is 10.9 Å². The lowest BCUT2D eigenvalue weighted by molar-refractivity contribution is -0.116. The third kappa shape index (κ3) is 6.01. The van der Waals surface area contributed by atoms with Crippen LogP contribution in [0.1, 0.15) is 17.7 Å². The molecule has 0 atom stereocenters. The molecule has 5 aromatic rings. The van der Waals surface area contributed by atoms with Crippen molar-refractivity contribution in [2.24, 2.45) is 0 Å². The lowest BCUT2D eigenvalue weighted by Gasteiger charge is -2.11. The van der Waals surface area contributed by atoms with Gasteiger partial charge in [-0.2, -0.15) is 4.98 Å². The van der Waals surface area contributed by atoms with Crippen molar-refractivity contribution in [3.63, 3.8) is 0 Å². The lowest BCUT2D eigenvalue weighted by atomic mass is 10.2. The van der Waals surface area contributed by atoms with Gasteiger partial charge >= 0.3 is 0 Å². The minimum Gasteiger partial charge on any atom is -0.340 e. The molecule has 0 bridgehead atoms. The Morgan fingerprint density at radius 2 is 1.53 bits per heavy atom. The summed E-state index contributed by atoms with van der Waals surface area (Å²) in [5.41, 5.74) is 4.87. The van der Waals surface area contributed by atoms with Crippen molar-refractivity contribution in [2.75, 3.05) is 16.0 Å². The second kappa shape index (κ2) is 10.9. The average Bonchev–Trinajstić information content (AvgIpc) is 2.91. The normalized spacial score (nSPS) is 10.8. The van der Waals surface area contributed by atoms with Crippen LogP contribution in [-0.2, 0) is 11.3 Å². The van der Waals surface area contributed by atoms with E-state index in [1.807, 2.05) is 74.5 Å². The number of carbonyl (C=O) groups is 1. The molecule has 0 radical (unpaired) electrons. The molecule has 1 amide bonds. The van der Waals surface area contributed by atoms with E-state index in [-0.39, 0.29) is 24.4 Å². The highest BCUT2D eigenvalue weighted by molar-refractivity contribution is 5.91. The molecular weight excluding hydrogens is 478 g/mol. The maximum Gasteiger partial charge on any atom is 0.261 e. The van der Waals surface area contributed by atoms with Gasteiger partial charge in [0.05, 0.1) is 17.2 Å². The van der Waals surface area contributed by atoms with Gasteiger partial charge in [-0.3, -0.25) is 14.2 Å². The summed E-state index contributed by atoms with van der Waals surface area (Å²) in [6.45, 7) is 4.19. The Balaban J connectivity index is 1.18. The first-order valence-electron chi connectivity index (χ1n) is 12.2. The van der Waals surface area contributed by atoms with Crippen molar-refractivity contribution >= 4 is 45.6 Å². The molecule has 9 nitrogen and oxygen atoms in total. The van der Waals surface area contributed by atoms with Gasteiger partial charge in [0.25, 0.3) is 5.56 Å². The molecule has 0 aliphatic rings. The van der Waals surface area contributed by atoms with E-state index in [1.54, 1.807) is 18.2 Å². The van der Waals surface area contributed by atoms with E-state index in [0.29, 0.717) is 28.4 Å². The molecule has 0 aliphatic carbocycles. The molecule has 38 heavy (non-hydrogen) atoms. The highest BCUT2D eigenvalue weighted by Crippen LogP contribution is 2.21. The monoisotopic (exact) mass is 505 g/mol. The Kier molecular flexibility index (Phi) is 7.08. The van der Waals surface area contributed by atoms with Crippen LogP contribution in [0.4, 0.5) is 28.8 Å². The number of hydrogen-bond acceptors (Lipinski definition) is 7. The fraction of sp³-hybridized carbons (Fsp3) is 0.138. The molecular formula is C29H27N7O2. The zero-order valence-electron chi connectivity index (χ0n) is 21.1. The number of amides is 1. The SMILES string of the molecule is Cc1ccc(Nc2nc(C)cc(Nc3ccc(NC(=O)CCn4cnc5ccccc5c4=O)cc3)n2)cc1. The van der Waals surface area contributed by atoms with E-state index in [4.69, 9.17) is 0 Å². The molecule has 5 rings (SSSR count). The van der Waals surface area contributed by atoms with Gasteiger partial charge in [0.1, 0.15) is 5.82 Å². The first-order chi connectivity index (χ1) is 18.4. The highest BCUT2D eigenvalue weighted by Gasteiger charge is 2.08. The van der Waals surface area contributed by atoms with Gasteiger partial charge in [-0.05, 0) is 62.4 Å². The van der Waals surface area contributed by atoms with E-state index in [1.165, 1.54) is 16.5 Å². The van der Waals surface area contributed by atoms with Crippen molar-refractivity contribution in [3.8, 4) is 0 Å². The summed E-state index contributed by atoms with van der Waals surface area (Å²) >= 11 is 0. The van der Waals surface area contributed by atoms with Crippen LogP contribution in [0.3, 0.4) is 0 Å². The summed E-state index contributed by atoms with van der Waals surface area (Å²) in [5.74, 6) is 0.961. The minimum absolute atomic E-state index is 0.150. The Bertz CT molecular complexity index is 1650. The van der Waals surface area contributed by atoms with Gasteiger partial charge in [0.15, 0.2) is 0 Å². The van der Waals surface area contributed by atoms with Crippen molar-refractivity contribution < 1.29 is 4.79 Å². The number of aromatic nitrogens is 4. The summed E-state index contributed by atoms with van der Waals surface area (Å²) in [7, 11) is 0. The largest absolute Gasteiger partial charge is 0.340 e. The molecule has 3 N–H and O–H groups in total. The number of nitrogens with one attached hydrogen (secondary N) is 3. The van der Waals surface area contributed by atoms with Gasteiger partial charge in [-0.15, -0.1) is 0 Å². The molecule has 0 saturated heterocycles. The number of anilines is 5. The van der Waals surface area contributed by atoms with Gasteiger partial charge in [-0.25, -0.2) is 9.97 Å². The number of fused-ring (bicyclic) bond motifs is 1. The number of nitrogens with zero attached hydrogens (tertiary/aromatic N) is 4. The quantitative estimate of drug-likeness (QED) is 0.262. The Morgan fingerprint density at radius 3 is 2.32 bits per heavy atom. The van der Waals surface area contributed by atoms with Crippen molar-refractivity contribution in [1.82, 2.24) is 19.5 Å². The fourth-order valence-corrected chi connectivity index (χ4v) is 3.95. The molecule has 0 saturated carbocycles. The maximum atomic E-state index is 12.6. The standard InChI is InChI=1S/C29H27N7O2/c1-19-7-9-23(10-8-19)34-29-31-20(2)17-26(35-29)32-21-11-13-22(14-12-21)33-27(37)15-16-36-18-30-25-6-4-3-5-24(25)28(36)38/h3-14,17-18H,15-16H2,1-2H3,(H,33,37)(H2,31,32,34,35). The number of benzene rings is 3. The predicted molar refractivity (Wildman–Crippen MR) is 150 cm³/mol. The van der Waals surface area contributed by atoms with E-state index < -0.39 is 0 Å². The molecule has 0 unspecified atom stereocenters. The molecule has 2 aromatic heterocycles. The Morgan fingerprint density at radius 1 is 0.842 bits per heavy atom. The lowest BCUT2D eigenvalue weighted by Crippen LogP contribution is -2.23. The molecule has 0 fully saturated rings. The number of carbonyl (C=O) groups excluding carboxylic acids is 1. The first kappa shape index (κ1) is 24.6.